The molecule has 0 atom stereocenters. The van der Waals surface area contributed by atoms with Crippen molar-refractivity contribution in [1.29, 1.82) is 0 Å². The van der Waals surface area contributed by atoms with Crippen LogP contribution in [-0.4, -0.2) is 19.9 Å². The van der Waals surface area contributed by atoms with Crippen LogP contribution in [0.15, 0.2) is 18.2 Å². The highest BCUT2D eigenvalue weighted by molar-refractivity contribution is 5.83. The normalized spacial score (nSPS) is 10.9. The summed E-state index contributed by atoms with van der Waals surface area (Å²) in [6.07, 6.45) is 4.18. The molecule has 0 aromatic heterocycles. The van der Waals surface area contributed by atoms with E-state index in [0.29, 0.717) is 18.4 Å². The Balaban J connectivity index is 3.13. The number of hydrogen-bond acceptors (Lipinski definition) is 2. The first-order valence-electron chi connectivity index (χ1n) is 4.76. The maximum atomic E-state index is 13.3. The number of rotatable bonds is 4. The first-order valence-corrected chi connectivity index (χ1v) is 4.76. The van der Waals surface area contributed by atoms with Gasteiger partial charge in [0, 0.05) is 6.54 Å². The van der Waals surface area contributed by atoms with Gasteiger partial charge in [-0.3, -0.25) is 4.79 Å². The third-order valence-corrected chi connectivity index (χ3v) is 2.18. The number of aldehydes is 1. The van der Waals surface area contributed by atoms with Crippen LogP contribution in [0.1, 0.15) is 21.5 Å². The molecule has 1 aromatic carbocycles. The maximum absolute atomic E-state index is 13.3. The zero-order chi connectivity index (χ0) is 11.3. The third-order valence-electron chi connectivity index (χ3n) is 2.18. The number of carbonyl (C=O) groups excluding carboxylic acids is 1. The lowest BCUT2D eigenvalue weighted by molar-refractivity contribution is 0.111. The highest BCUT2D eigenvalue weighted by Crippen LogP contribution is 2.17. The Labute approximate surface area is 88.8 Å². The van der Waals surface area contributed by atoms with E-state index < -0.39 is 5.82 Å². The lowest BCUT2D eigenvalue weighted by Crippen LogP contribution is -2.04. The Bertz CT molecular complexity index is 385. The average Bonchev–Trinajstić information content (AvgIpc) is 2.23. The van der Waals surface area contributed by atoms with E-state index in [9.17, 15) is 9.18 Å². The molecule has 0 heterocycles. The van der Waals surface area contributed by atoms with E-state index in [2.05, 4.69) is 5.32 Å². The predicted molar refractivity (Wildman–Crippen MR) is 59.5 cm³/mol. The van der Waals surface area contributed by atoms with Crippen LogP contribution in [-0.2, 0) is 0 Å². The molecule has 0 spiro atoms. The van der Waals surface area contributed by atoms with Crippen molar-refractivity contribution in [3.8, 4) is 0 Å². The molecule has 15 heavy (non-hydrogen) atoms. The van der Waals surface area contributed by atoms with Crippen LogP contribution >= 0.6 is 0 Å². The summed E-state index contributed by atoms with van der Waals surface area (Å²) in [7, 11) is 1.82. The summed E-state index contributed by atoms with van der Waals surface area (Å²) in [5.74, 6) is -0.472. The standard InChI is InChI=1S/C12H14FNO/c1-9-5-6-12(13)11(8-15)10(9)4-3-7-14-2/h3-6,8,14H,7H2,1-2H3. The molecular formula is C12H14FNO. The summed E-state index contributed by atoms with van der Waals surface area (Å²) >= 11 is 0. The van der Waals surface area contributed by atoms with Crippen molar-refractivity contribution in [2.24, 2.45) is 0 Å². The molecule has 0 amide bonds. The Morgan fingerprint density at radius 1 is 1.40 bits per heavy atom. The van der Waals surface area contributed by atoms with E-state index in [1.165, 1.54) is 6.07 Å². The first-order chi connectivity index (χ1) is 7.20. The number of benzene rings is 1. The molecule has 1 rings (SSSR count). The second-order valence-corrected chi connectivity index (χ2v) is 3.27. The summed E-state index contributed by atoms with van der Waals surface area (Å²) in [5.41, 5.74) is 1.67. The zero-order valence-electron chi connectivity index (χ0n) is 8.88. The van der Waals surface area contributed by atoms with Crippen LogP contribution < -0.4 is 5.32 Å². The van der Waals surface area contributed by atoms with Gasteiger partial charge >= 0.3 is 0 Å². The lowest BCUT2D eigenvalue weighted by Gasteiger charge is -2.04. The van der Waals surface area contributed by atoms with Gasteiger partial charge in [-0.25, -0.2) is 4.39 Å². The second-order valence-electron chi connectivity index (χ2n) is 3.27. The number of aryl methyl sites for hydroxylation is 1. The van der Waals surface area contributed by atoms with E-state index >= 15 is 0 Å². The van der Waals surface area contributed by atoms with Gasteiger partial charge in [0.25, 0.3) is 0 Å². The lowest BCUT2D eigenvalue weighted by atomic mass is 10.0. The highest BCUT2D eigenvalue weighted by atomic mass is 19.1. The molecule has 0 saturated carbocycles. The monoisotopic (exact) mass is 207 g/mol. The van der Waals surface area contributed by atoms with E-state index in [-0.39, 0.29) is 5.56 Å². The van der Waals surface area contributed by atoms with E-state index in [4.69, 9.17) is 0 Å². The van der Waals surface area contributed by atoms with Crippen molar-refractivity contribution in [3.63, 3.8) is 0 Å². The first kappa shape index (κ1) is 11.6. The van der Waals surface area contributed by atoms with Crippen LogP contribution in [0.5, 0.6) is 0 Å². The summed E-state index contributed by atoms with van der Waals surface area (Å²) in [4.78, 5) is 10.7. The van der Waals surface area contributed by atoms with Crippen molar-refractivity contribution < 1.29 is 9.18 Å². The third kappa shape index (κ3) is 2.73. The molecule has 0 aliphatic heterocycles. The summed E-state index contributed by atoms with van der Waals surface area (Å²) < 4.78 is 13.3. The van der Waals surface area contributed by atoms with Crippen molar-refractivity contribution in [3.05, 3.63) is 40.7 Å². The van der Waals surface area contributed by atoms with Crippen LogP contribution in [0.2, 0.25) is 0 Å². The highest BCUT2D eigenvalue weighted by Gasteiger charge is 2.07. The molecule has 1 N–H and O–H groups in total. The molecular weight excluding hydrogens is 193 g/mol. The number of halogens is 1. The van der Waals surface area contributed by atoms with Crippen molar-refractivity contribution in [1.82, 2.24) is 5.32 Å². The van der Waals surface area contributed by atoms with Crippen molar-refractivity contribution in [2.45, 2.75) is 6.92 Å². The number of nitrogens with one attached hydrogen (secondary N) is 1. The van der Waals surface area contributed by atoms with Gasteiger partial charge in [0.15, 0.2) is 6.29 Å². The molecule has 1 aromatic rings. The second kappa shape index (κ2) is 5.41. The Kier molecular flexibility index (Phi) is 4.18. The smallest absolute Gasteiger partial charge is 0.153 e. The molecule has 0 bridgehead atoms. The summed E-state index contributed by atoms with van der Waals surface area (Å²) in [6.45, 7) is 2.54. The summed E-state index contributed by atoms with van der Waals surface area (Å²) in [6, 6.07) is 2.98. The van der Waals surface area contributed by atoms with Gasteiger partial charge in [-0.05, 0) is 31.2 Å². The fraction of sp³-hybridized carbons (Fsp3) is 0.250. The summed E-state index contributed by atoms with van der Waals surface area (Å²) in [5, 5.41) is 2.94. The van der Waals surface area contributed by atoms with Gasteiger partial charge in [-0.2, -0.15) is 0 Å². The fourth-order valence-corrected chi connectivity index (χ4v) is 1.35. The van der Waals surface area contributed by atoms with Crippen LogP contribution in [0, 0.1) is 12.7 Å². The molecule has 0 saturated heterocycles. The Morgan fingerprint density at radius 3 is 2.73 bits per heavy atom. The largest absolute Gasteiger partial charge is 0.316 e. The minimum atomic E-state index is -0.472. The molecule has 0 radical (unpaired) electrons. The number of likely N-dealkylation sites (N-methyl/N-ethyl adjacent to an activating group) is 1. The molecule has 0 aliphatic rings. The average molecular weight is 207 g/mol. The Morgan fingerprint density at radius 2 is 2.13 bits per heavy atom. The van der Waals surface area contributed by atoms with Gasteiger partial charge in [0.2, 0.25) is 0 Å². The fourth-order valence-electron chi connectivity index (χ4n) is 1.35. The minimum Gasteiger partial charge on any atom is -0.316 e. The number of carbonyl (C=O) groups is 1. The SMILES string of the molecule is CNCC=Cc1c(C)ccc(F)c1C=O. The van der Waals surface area contributed by atoms with Gasteiger partial charge < -0.3 is 5.32 Å². The van der Waals surface area contributed by atoms with Gasteiger partial charge in [-0.15, -0.1) is 0 Å². The van der Waals surface area contributed by atoms with Crippen LogP contribution in [0.4, 0.5) is 4.39 Å². The van der Waals surface area contributed by atoms with Gasteiger partial charge in [-0.1, -0.05) is 18.2 Å². The van der Waals surface area contributed by atoms with Crippen molar-refractivity contribution in [2.75, 3.05) is 13.6 Å². The van der Waals surface area contributed by atoms with Gasteiger partial charge in [0.05, 0.1) is 5.56 Å². The maximum Gasteiger partial charge on any atom is 0.153 e. The van der Waals surface area contributed by atoms with Gasteiger partial charge in [0.1, 0.15) is 5.82 Å². The van der Waals surface area contributed by atoms with E-state index in [1.54, 1.807) is 12.1 Å². The predicted octanol–water partition coefficient (Wildman–Crippen LogP) is 2.18. The van der Waals surface area contributed by atoms with Crippen LogP contribution in [0.25, 0.3) is 6.08 Å². The minimum absolute atomic E-state index is 0.127. The molecule has 0 aliphatic carbocycles. The molecule has 0 fully saturated rings. The molecule has 3 heteroatoms. The topological polar surface area (TPSA) is 29.1 Å². The van der Waals surface area contributed by atoms with E-state index in [1.807, 2.05) is 20.0 Å². The van der Waals surface area contributed by atoms with Crippen LogP contribution in [0.3, 0.4) is 0 Å². The molecule has 80 valence electrons. The molecule has 2 nitrogen and oxygen atoms in total. The zero-order valence-corrected chi connectivity index (χ0v) is 8.88. The van der Waals surface area contributed by atoms with E-state index in [0.717, 1.165) is 5.56 Å². The quantitative estimate of drug-likeness (QED) is 0.767. The Hall–Kier alpha value is -1.48. The number of hydrogen-bond donors (Lipinski definition) is 1. The van der Waals surface area contributed by atoms with Crippen molar-refractivity contribution >= 4 is 12.4 Å². The molecule has 0 unspecified atom stereocenters.